The van der Waals surface area contributed by atoms with Gasteiger partial charge >= 0.3 is 0 Å². The molecule has 0 aliphatic rings. The third-order valence-corrected chi connectivity index (χ3v) is 2.79. The molecule has 0 amide bonds. The Morgan fingerprint density at radius 1 is 1.26 bits per heavy atom. The van der Waals surface area contributed by atoms with Gasteiger partial charge in [0.1, 0.15) is 5.82 Å². The Labute approximate surface area is 110 Å². The van der Waals surface area contributed by atoms with Crippen LogP contribution in [0.15, 0.2) is 36.5 Å². The zero-order chi connectivity index (χ0) is 13.8. The quantitative estimate of drug-likeness (QED) is 0.862. The number of benzene rings is 1. The predicted molar refractivity (Wildman–Crippen MR) is 71.7 cm³/mol. The first-order chi connectivity index (χ1) is 9.10. The fourth-order valence-corrected chi connectivity index (χ4v) is 1.89. The molecule has 0 radical (unpaired) electrons. The lowest BCUT2D eigenvalue weighted by molar-refractivity contribution is 0.567. The van der Waals surface area contributed by atoms with Crippen LogP contribution < -0.4 is 10.6 Å². The maximum absolute atomic E-state index is 13.7. The highest BCUT2D eigenvalue weighted by atomic mass is 19.1. The Bertz CT molecular complexity index is 572. The van der Waals surface area contributed by atoms with Gasteiger partial charge in [0.25, 0.3) is 0 Å². The Balaban J connectivity index is 2.25. The van der Waals surface area contributed by atoms with Gasteiger partial charge in [0.2, 0.25) is 0 Å². The minimum atomic E-state index is -0.679. The fraction of sp³-hybridized carbons (Fsp3) is 0.214. The van der Waals surface area contributed by atoms with E-state index in [4.69, 9.17) is 5.73 Å². The van der Waals surface area contributed by atoms with E-state index < -0.39 is 11.6 Å². The highest BCUT2D eigenvalue weighted by Gasteiger charge is 2.13. The van der Waals surface area contributed by atoms with Crippen LogP contribution in [0.3, 0.4) is 0 Å². The van der Waals surface area contributed by atoms with Crippen LogP contribution >= 0.6 is 0 Å². The molecule has 0 saturated heterocycles. The van der Waals surface area contributed by atoms with Crippen molar-refractivity contribution in [3.05, 3.63) is 53.7 Å². The summed E-state index contributed by atoms with van der Waals surface area (Å²) >= 11 is 0. The zero-order valence-corrected chi connectivity index (χ0v) is 10.6. The van der Waals surface area contributed by atoms with Gasteiger partial charge in [-0.15, -0.1) is 0 Å². The summed E-state index contributed by atoms with van der Waals surface area (Å²) in [6.45, 7) is 2.91. The maximum atomic E-state index is 13.7. The molecule has 5 heteroatoms. The number of anilines is 2. The van der Waals surface area contributed by atoms with Gasteiger partial charge in [-0.05, 0) is 24.6 Å². The number of rotatable bonds is 4. The van der Waals surface area contributed by atoms with Crippen molar-refractivity contribution < 1.29 is 8.78 Å². The number of hydrogen-bond donors (Lipinski definition) is 1. The third kappa shape index (κ3) is 3.19. The molecule has 0 atom stereocenters. The monoisotopic (exact) mass is 263 g/mol. The van der Waals surface area contributed by atoms with Gasteiger partial charge in [-0.1, -0.05) is 12.1 Å². The second-order valence-electron chi connectivity index (χ2n) is 4.22. The molecule has 3 nitrogen and oxygen atoms in total. The van der Waals surface area contributed by atoms with E-state index in [0.29, 0.717) is 18.8 Å². The minimum absolute atomic E-state index is 0.145. The van der Waals surface area contributed by atoms with Gasteiger partial charge in [-0.25, -0.2) is 13.8 Å². The van der Waals surface area contributed by atoms with Gasteiger partial charge in [0.15, 0.2) is 11.6 Å². The highest BCUT2D eigenvalue weighted by Crippen LogP contribution is 2.19. The van der Waals surface area contributed by atoms with E-state index in [1.165, 1.54) is 0 Å². The van der Waals surface area contributed by atoms with E-state index in [-0.39, 0.29) is 5.82 Å². The molecule has 0 saturated carbocycles. The van der Waals surface area contributed by atoms with Crippen LogP contribution in [0.4, 0.5) is 20.3 Å². The maximum Gasteiger partial charge on any atom is 0.168 e. The molecule has 2 N–H and O–H groups in total. The van der Waals surface area contributed by atoms with Gasteiger partial charge in [-0.3, -0.25) is 0 Å². The van der Waals surface area contributed by atoms with Crippen LogP contribution in [-0.2, 0) is 6.54 Å². The summed E-state index contributed by atoms with van der Waals surface area (Å²) in [5.74, 6) is -1.20. The molecule has 0 aliphatic carbocycles. The number of aromatic nitrogens is 1. The first-order valence-electron chi connectivity index (χ1n) is 6.00. The van der Waals surface area contributed by atoms with Crippen LogP contribution in [0.1, 0.15) is 12.5 Å². The zero-order valence-electron chi connectivity index (χ0n) is 10.6. The van der Waals surface area contributed by atoms with Gasteiger partial charge in [0.05, 0.1) is 6.20 Å². The van der Waals surface area contributed by atoms with Crippen LogP contribution in [-0.4, -0.2) is 11.5 Å². The van der Waals surface area contributed by atoms with Crippen LogP contribution in [0, 0.1) is 11.6 Å². The van der Waals surface area contributed by atoms with E-state index in [0.717, 1.165) is 17.8 Å². The molecule has 1 aromatic heterocycles. The Hall–Kier alpha value is -2.17. The molecule has 0 unspecified atom stereocenters. The molecule has 0 fully saturated rings. The van der Waals surface area contributed by atoms with Crippen LogP contribution in [0.2, 0.25) is 0 Å². The van der Waals surface area contributed by atoms with Crippen molar-refractivity contribution in [2.45, 2.75) is 13.5 Å². The number of nitrogens with zero attached hydrogens (tertiary/aromatic N) is 2. The average molecular weight is 263 g/mol. The van der Waals surface area contributed by atoms with E-state index in [2.05, 4.69) is 4.98 Å². The standard InChI is InChI=1S/C14H15F2N3/c1-2-19(9-10-4-3-5-12(17)6-10)14-13(16)7-11(15)8-18-14/h3-8H,2,9,17H2,1H3. The lowest BCUT2D eigenvalue weighted by atomic mass is 10.2. The average Bonchev–Trinajstić information content (AvgIpc) is 2.37. The Kier molecular flexibility index (Phi) is 3.94. The second-order valence-corrected chi connectivity index (χ2v) is 4.22. The van der Waals surface area contributed by atoms with Gasteiger partial charge < -0.3 is 10.6 Å². The number of halogens is 2. The van der Waals surface area contributed by atoms with Crippen LogP contribution in [0.5, 0.6) is 0 Å². The fourth-order valence-electron chi connectivity index (χ4n) is 1.89. The number of pyridine rings is 1. The smallest absolute Gasteiger partial charge is 0.168 e. The van der Waals surface area contributed by atoms with E-state index in [9.17, 15) is 8.78 Å². The largest absolute Gasteiger partial charge is 0.399 e. The molecule has 0 spiro atoms. The molecule has 0 bridgehead atoms. The van der Waals surface area contributed by atoms with Crippen molar-refractivity contribution in [3.63, 3.8) is 0 Å². The molecule has 1 aromatic carbocycles. The van der Waals surface area contributed by atoms with Gasteiger partial charge in [-0.2, -0.15) is 0 Å². The van der Waals surface area contributed by atoms with Crippen molar-refractivity contribution in [2.75, 3.05) is 17.2 Å². The summed E-state index contributed by atoms with van der Waals surface area (Å²) < 4.78 is 26.6. The summed E-state index contributed by atoms with van der Waals surface area (Å²) in [4.78, 5) is 5.54. The van der Waals surface area contributed by atoms with Crippen molar-refractivity contribution in [1.29, 1.82) is 0 Å². The normalized spacial score (nSPS) is 10.5. The summed E-state index contributed by atoms with van der Waals surface area (Å²) in [6, 6.07) is 8.19. The molecular weight excluding hydrogens is 248 g/mol. The molecule has 2 aromatic rings. The molecule has 0 aliphatic heterocycles. The topological polar surface area (TPSA) is 42.1 Å². The Morgan fingerprint density at radius 2 is 2.05 bits per heavy atom. The molecule has 19 heavy (non-hydrogen) atoms. The number of nitrogens with two attached hydrogens (primary N) is 1. The van der Waals surface area contributed by atoms with Crippen molar-refractivity contribution >= 4 is 11.5 Å². The molecule has 2 rings (SSSR count). The minimum Gasteiger partial charge on any atom is -0.399 e. The highest BCUT2D eigenvalue weighted by molar-refractivity contribution is 5.44. The molecule has 100 valence electrons. The second kappa shape index (κ2) is 5.65. The van der Waals surface area contributed by atoms with Crippen molar-refractivity contribution in [2.24, 2.45) is 0 Å². The summed E-state index contributed by atoms with van der Waals surface area (Å²) in [6.07, 6.45) is 1.01. The number of nitrogen functional groups attached to an aromatic ring is 1. The molecular formula is C14H15F2N3. The lowest BCUT2D eigenvalue weighted by Crippen LogP contribution is -2.24. The summed E-state index contributed by atoms with van der Waals surface area (Å²) in [5, 5.41) is 0. The van der Waals surface area contributed by atoms with E-state index in [1.54, 1.807) is 11.0 Å². The van der Waals surface area contributed by atoms with Crippen LogP contribution in [0.25, 0.3) is 0 Å². The summed E-state index contributed by atoms with van der Waals surface area (Å²) in [7, 11) is 0. The lowest BCUT2D eigenvalue weighted by Gasteiger charge is -2.22. The SMILES string of the molecule is CCN(Cc1cccc(N)c1)c1ncc(F)cc1F. The van der Waals surface area contributed by atoms with Gasteiger partial charge in [0, 0.05) is 24.8 Å². The predicted octanol–water partition coefficient (Wildman–Crippen LogP) is 2.97. The van der Waals surface area contributed by atoms with Crippen molar-refractivity contribution in [1.82, 2.24) is 4.98 Å². The Morgan fingerprint density at radius 3 is 2.68 bits per heavy atom. The third-order valence-electron chi connectivity index (χ3n) is 2.79. The van der Waals surface area contributed by atoms with E-state index >= 15 is 0 Å². The first-order valence-corrected chi connectivity index (χ1v) is 6.00. The van der Waals surface area contributed by atoms with Crippen molar-refractivity contribution in [3.8, 4) is 0 Å². The number of hydrogen-bond acceptors (Lipinski definition) is 3. The summed E-state index contributed by atoms with van der Waals surface area (Å²) in [5.41, 5.74) is 7.31. The van der Waals surface area contributed by atoms with E-state index in [1.807, 2.05) is 25.1 Å². The first kappa shape index (κ1) is 13.3. The molecule has 1 heterocycles.